The number of hydrogen-bond acceptors (Lipinski definition) is 7. The van der Waals surface area contributed by atoms with E-state index in [4.69, 9.17) is 9.72 Å². The molecule has 9 heteroatoms. The van der Waals surface area contributed by atoms with E-state index >= 15 is 0 Å². The molecule has 2 aliphatic rings. The number of ether oxygens (including phenoxy) is 1. The second-order valence-corrected chi connectivity index (χ2v) is 9.27. The topological polar surface area (TPSA) is 78.9 Å². The number of piperidine rings is 1. The molecule has 2 saturated heterocycles. The zero-order valence-electron chi connectivity index (χ0n) is 16.7. The number of rotatable bonds is 5. The van der Waals surface area contributed by atoms with Gasteiger partial charge in [0, 0.05) is 45.5 Å². The van der Waals surface area contributed by atoms with Crippen LogP contribution >= 0.6 is 0 Å². The van der Waals surface area contributed by atoms with Gasteiger partial charge in [-0.25, -0.2) is 13.4 Å². The molecular weight excluding hydrogens is 390 g/mol. The first-order valence-corrected chi connectivity index (χ1v) is 11.5. The molecule has 4 rings (SSSR count). The van der Waals surface area contributed by atoms with Crippen LogP contribution in [0.15, 0.2) is 41.4 Å². The van der Waals surface area contributed by atoms with Crippen LogP contribution in [0.1, 0.15) is 19.3 Å². The summed E-state index contributed by atoms with van der Waals surface area (Å²) in [6, 6.07) is 8.44. The second-order valence-electron chi connectivity index (χ2n) is 7.33. The van der Waals surface area contributed by atoms with Gasteiger partial charge < -0.3 is 14.5 Å². The van der Waals surface area contributed by atoms with Crippen LogP contribution in [0, 0.1) is 0 Å². The average Bonchev–Trinajstić information content (AvgIpc) is 2.80. The minimum Gasteiger partial charge on any atom is -0.497 e. The highest BCUT2D eigenvalue weighted by Crippen LogP contribution is 2.23. The fourth-order valence-corrected chi connectivity index (χ4v) is 5.24. The van der Waals surface area contributed by atoms with E-state index in [9.17, 15) is 8.42 Å². The van der Waals surface area contributed by atoms with E-state index in [1.54, 1.807) is 37.6 Å². The molecule has 2 aliphatic heterocycles. The van der Waals surface area contributed by atoms with Crippen molar-refractivity contribution < 1.29 is 13.2 Å². The van der Waals surface area contributed by atoms with Crippen LogP contribution < -0.4 is 14.5 Å². The Kier molecular flexibility index (Phi) is 5.86. The number of methoxy groups -OCH3 is 1. The third-order valence-electron chi connectivity index (χ3n) is 5.53. The van der Waals surface area contributed by atoms with Crippen LogP contribution in [0.4, 0.5) is 11.8 Å². The van der Waals surface area contributed by atoms with Crippen molar-refractivity contribution in [2.24, 2.45) is 0 Å². The summed E-state index contributed by atoms with van der Waals surface area (Å²) in [6.07, 6.45) is 5.42. The van der Waals surface area contributed by atoms with E-state index in [-0.39, 0.29) is 0 Å². The van der Waals surface area contributed by atoms with E-state index in [1.165, 1.54) is 23.6 Å². The van der Waals surface area contributed by atoms with Gasteiger partial charge in [0.2, 0.25) is 16.0 Å². The van der Waals surface area contributed by atoms with Crippen LogP contribution in [0.5, 0.6) is 5.75 Å². The van der Waals surface area contributed by atoms with Gasteiger partial charge in [-0.3, -0.25) is 0 Å². The molecule has 0 saturated carbocycles. The van der Waals surface area contributed by atoms with Gasteiger partial charge >= 0.3 is 0 Å². The lowest BCUT2D eigenvalue weighted by Gasteiger charge is -2.35. The lowest BCUT2D eigenvalue weighted by atomic mass is 10.1. The second kappa shape index (κ2) is 8.54. The molecule has 1 aromatic carbocycles. The van der Waals surface area contributed by atoms with Crippen molar-refractivity contribution in [3.8, 4) is 5.75 Å². The SMILES string of the molecule is COc1ccc(S(=O)(=O)N2CCN(c3ccnc(N4CCCCC4)n3)CC2)cc1. The van der Waals surface area contributed by atoms with Crippen LogP contribution in [0.3, 0.4) is 0 Å². The van der Waals surface area contributed by atoms with E-state index < -0.39 is 10.0 Å². The maximum absolute atomic E-state index is 12.9. The summed E-state index contributed by atoms with van der Waals surface area (Å²) in [5, 5.41) is 0. The fourth-order valence-electron chi connectivity index (χ4n) is 3.82. The molecule has 0 amide bonds. The molecule has 0 unspecified atom stereocenters. The molecule has 156 valence electrons. The van der Waals surface area contributed by atoms with Gasteiger partial charge in [0.25, 0.3) is 0 Å². The van der Waals surface area contributed by atoms with Crippen molar-refractivity contribution in [2.75, 3.05) is 56.2 Å². The first-order valence-electron chi connectivity index (χ1n) is 10.0. The van der Waals surface area contributed by atoms with Gasteiger partial charge in [0.15, 0.2) is 0 Å². The van der Waals surface area contributed by atoms with Crippen molar-refractivity contribution in [3.05, 3.63) is 36.5 Å². The average molecular weight is 418 g/mol. The number of nitrogens with zero attached hydrogens (tertiary/aromatic N) is 5. The van der Waals surface area contributed by atoms with Crippen molar-refractivity contribution >= 4 is 21.8 Å². The van der Waals surface area contributed by atoms with Crippen molar-refractivity contribution in [1.29, 1.82) is 0 Å². The van der Waals surface area contributed by atoms with Crippen molar-refractivity contribution in [2.45, 2.75) is 24.2 Å². The molecule has 0 aliphatic carbocycles. The Morgan fingerprint density at radius 1 is 0.862 bits per heavy atom. The number of hydrogen-bond donors (Lipinski definition) is 0. The quantitative estimate of drug-likeness (QED) is 0.736. The zero-order valence-corrected chi connectivity index (χ0v) is 17.5. The summed E-state index contributed by atoms with van der Waals surface area (Å²) < 4.78 is 32.5. The third kappa shape index (κ3) is 4.30. The molecule has 0 spiro atoms. The first kappa shape index (κ1) is 19.9. The largest absolute Gasteiger partial charge is 0.497 e. The monoisotopic (exact) mass is 417 g/mol. The van der Waals surface area contributed by atoms with Gasteiger partial charge in [-0.1, -0.05) is 0 Å². The molecule has 1 aromatic heterocycles. The maximum Gasteiger partial charge on any atom is 0.243 e. The Bertz CT molecular complexity index is 921. The Balaban J connectivity index is 1.42. The number of piperazine rings is 1. The molecule has 8 nitrogen and oxygen atoms in total. The zero-order chi connectivity index (χ0) is 20.3. The summed E-state index contributed by atoms with van der Waals surface area (Å²) >= 11 is 0. The van der Waals surface area contributed by atoms with Crippen molar-refractivity contribution in [3.63, 3.8) is 0 Å². The number of anilines is 2. The molecule has 0 radical (unpaired) electrons. The molecule has 0 bridgehead atoms. The highest BCUT2D eigenvalue weighted by molar-refractivity contribution is 7.89. The first-order chi connectivity index (χ1) is 14.1. The molecule has 3 heterocycles. The van der Waals surface area contributed by atoms with Crippen LogP contribution in [0.2, 0.25) is 0 Å². The lowest BCUT2D eigenvalue weighted by Crippen LogP contribution is -2.49. The Morgan fingerprint density at radius 3 is 2.21 bits per heavy atom. The summed E-state index contributed by atoms with van der Waals surface area (Å²) in [5.41, 5.74) is 0. The molecule has 2 aromatic rings. The van der Waals surface area contributed by atoms with E-state index in [0.717, 1.165) is 24.9 Å². The molecule has 0 atom stereocenters. The van der Waals surface area contributed by atoms with E-state index in [0.29, 0.717) is 36.8 Å². The van der Waals surface area contributed by atoms with Gasteiger partial charge in [0.05, 0.1) is 12.0 Å². The Hall–Kier alpha value is -2.39. The highest BCUT2D eigenvalue weighted by atomic mass is 32.2. The standard InChI is InChI=1S/C20H27N5O3S/c1-28-17-5-7-18(8-6-17)29(26,27)25-15-13-23(14-16-25)19-9-10-21-20(22-19)24-11-3-2-4-12-24/h5-10H,2-4,11-16H2,1H3. The molecule has 0 N–H and O–H groups in total. The van der Waals surface area contributed by atoms with Gasteiger partial charge in [-0.2, -0.15) is 9.29 Å². The molecule has 2 fully saturated rings. The molecular formula is C20H27N5O3S. The summed E-state index contributed by atoms with van der Waals surface area (Å²) in [7, 11) is -1.95. The number of benzene rings is 1. The number of aromatic nitrogens is 2. The lowest BCUT2D eigenvalue weighted by molar-refractivity contribution is 0.383. The van der Waals surface area contributed by atoms with Crippen LogP contribution in [-0.4, -0.2) is 69.1 Å². The normalized spacial score (nSPS) is 18.7. The maximum atomic E-state index is 12.9. The van der Waals surface area contributed by atoms with E-state index in [1.807, 2.05) is 6.07 Å². The van der Waals surface area contributed by atoms with Gasteiger partial charge in [0.1, 0.15) is 11.6 Å². The summed E-state index contributed by atoms with van der Waals surface area (Å²) in [6.45, 7) is 4.06. The van der Waals surface area contributed by atoms with Crippen molar-refractivity contribution in [1.82, 2.24) is 14.3 Å². The smallest absolute Gasteiger partial charge is 0.243 e. The Labute approximate surface area is 172 Å². The summed E-state index contributed by atoms with van der Waals surface area (Å²) in [4.78, 5) is 13.8. The van der Waals surface area contributed by atoms with E-state index in [2.05, 4.69) is 14.8 Å². The summed E-state index contributed by atoms with van der Waals surface area (Å²) in [5.74, 6) is 2.28. The number of sulfonamides is 1. The minimum atomic E-state index is -3.51. The predicted octanol–water partition coefficient (Wildman–Crippen LogP) is 1.99. The Morgan fingerprint density at radius 2 is 1.55 bits per heavy atom. The third-order valence-corrected chi connectivity index (χ3v) is 7.44. The van der Waals surface area contributed by atoms with Gasteiger partial charge in [-0.05, 0) is 49.6 Å². The minimum absolute atomic E-state index is 0.293. The van der Waals surface area contributed by atoms with Gasteiger partial charge in [-0.15, -0.1) is 0 Å². The highest BCUT2D eigenvalue weighted by Gasteiger charge is 2.29. The van der Waals surface area contributed by atoms with Crippen LogP contribution in [0.25, 0.3) is 0 Å². The fraction of sp³-hybridized carbons (Fsp3) is 0.500. The predicted molar refractivity (Wildman–Crippen MR) is 112 cm³/mol. The van der Waals surface area contributed by atoms with Crippen LogP contribution in [-0.2, 0) is 10.0 Å². The molecule has 29 heavy (non-hydrogen) atoms.